The first-order valence-electron chi connectivity index (χ1n) is 6.19. The molecule has 3 heteroatoms. The smallest absolute Gasteiger partial charge is 0.307 e. The van der Waals surface area contributed by atoms with Crippen molar-refractivity contribution < 1.29 is 9.53 Å². The Morgan fingerprint density at radius 1 is 1.39 bits per heavy atom. The molecule has 1 atom stereocenters. The average Bonchev–Trinajstić information content (AvgIpc) is 2.27. The third kappa shape index (κ3) is 3.57. The van der Waals surface area contributed by atoms with Gasteiger partial charge in [-0.15, -0.1) is 0 Å². The molecule has 1 unspecified atom stereocenters. The molecule has 1 rings (SSSR count). The van der Waals surface area contributed by atoms with E-state index >= 15 is 0 Å². The summed E-state index contributed by atoms with van der Waals surface area (Å²) in [4.78, 5) is 11.2. The maximum absolute atomic E-state index is 11.2. The highest BCUT2D eigenvalue weighted by Gasteiger charge is 2.18. The first-order chi connectivity index (χ1) is 8.25. The zero-order valence-electron chi connectivity index (χ0n) is 11.9. The Labute approximate surface area is 109 Å². The zero-order chi connectivity index (χ0) is 13.9. The summed E-state index contributed by atoms with van der Waals surface area (Å²) in [5.74, 6) is -0.276. The molecule has 1 aromatic rings. The Bertz CT molecular complexity index is 433. The third-order valence-electron chi connectivity index (χ3n) is 3.15. The van der Waals surface area contributed by atoms with Gasteiger partial charge < -0.3 is 10.5 Å². The average molecular weight is 249 g/mol. The van der Waals surface area contributed by atoms with Crippen LogP contribution in [0.25, 0.3) is 0 Å². The molecule has 0 heterocycles. The van der Waals surface area contributed by atoms with Gasteiger partial charge in [0, 0.05) is 6.04 Å². The fraction of sp³-hybridized carbons (Fsp3) is 0.533. The van der Waals surface area contributed by atoms with Crippen LogP contribution in [0.2, 0.25) is 0 Å². The highest BCUT2D eigenvalue weighted by atomic mass is 16.5. The van der Waals surface area contributed by atoms with E-state index in [2.05, 4.69) is 37.6 Å². The Morgan fingerprint density at radius 2 is 2.00 bits per heavy atom. The highest BCUT2D eigenvalue weighted by molar-refractivity contribution is 5.70. The summed E-state index contributed by atoms with van der Waals surface area (Å²) >= 11 is 0. The lowest BCUT2D eigenvalue weighted by Gasteiger charge is -2.22. The van der Waals surface area contributed by atoms with Crippen molar-refractivity contribution in [2.45, 2.75) is 45.6 Å². The number of benzene rings is 1. The summed E-state index contributed by atoms with van der Waals surface area (Å²) in [5, 5.41) is 0. The van der Waals surface area contributed by atoms with E-state index in [1.54, 1.807) is 0 Å². The number of aryl methyl sites for hydroxylation is 1. The third-order valence-corrected chi connectivity index (χ3v) is 3.15. The first kappa shape index (κ1) is 14.7. The van der Waals surface area contributed by atoms with Crippen LogP contribution in [0.15, 0.2) is 18.2 Å². The maximum atomic E-state index is 11.2. The summed E-state index contributed by atoms with van der Waals surface area (Å²) in [7, 11) is 1.38. The Kier molecular flexibility index (Phi) is 4.52. The normalized spacial score (nSPS) is 13.2. The van der Waals surface area contributed by atoms with E-state index in [4.69, 9.17) is 5.73 Å². The topological polar surface area (TPSA) is 52.3 Å². The van der Waals surface area contributed by atoms with E-state index in [1.807, 2.05) is 13.0 Å². The molecule has 0 fully saturated rings. The van der Waals surface area contributed by atoms with Gasteiger partial charge in [0.2, 0.25) is 0 Å². The lowest BCUT2D eigenvalue weighted by Crippen LogP contribution is -2.18. The number of hydrogen-bond donors (Lipinski definition) is 1. The van der Waals surface area contributed by atoms with Crippen molar-refractivity contribution in [2.75, 3.05) is 7.11 Å². The molecule has 0 radical (unpaired) electrons. The van der Waals surface area contributed by atoms with E-state index in [-0.39, 0.29) is 23.8 Å². The molecule has 3 nitrogen and oxygen atoms in total. The predicted molar refractivity (Wildman–Crippen MR) is 73.4 cm³/mol. The van der Waals surface area contributed by atoms with Gasteiger partial charge in [-0.1, -0.05) is 39.0 Å². The quantitative estimate of drug-likeness (QED) is 0.838. The van der Waals surface area contributed by atoms with Gasteiger partial charge in [0.05, 0.1) is 13.5 Å². The molecule has 0 aliphatic heterocycles. The molecule has 1 aromatic carbocycles. The number of methoxy groups -OCH3 is 1. The molecular formula is C15H23NO2. The van der Waals surface area contributed by atoms with Crippen molar-refractivity contribution in [3.8, 4) is 0 Å². The monoisotopic (exact) mass is 249 g/mol. The molecule has 0 saturated heterocycles. The van der Waals surface area contributed by atoms with Gasteiger partial charge in [-0.2, -0.15) is 0 Å². The molecule has 0 amide bonds. The fourth-order valence-electron chi connectivity index (χ4n) is 1.93. The van der Waals surface area contributed by atoms with Crippen molar-refractivity contribution in [3.05, 3.63) is 34.9 Å². The van der Waals surface area contributed by atoms with Crippen LogP contribution in [0.5, 0.6) is 0 Å². The maximum Gasteiger partial charge on any atom is 0.307 e. The molecule has 0 aliphatic carbocycles. The van der Waals surface area contributed by atoms with E-state index in [9.17, 15) is 4.79 Å². The number of rotatable bonds is 3. The van der Waals surface area contributed by atoms with Gasteiger partial charge in [0.1, 0.15) is 0 Å². The van der Waals surface area contributed by atoms with Crippen LogP contribution in [0, 0.1) is 6.92 Å². The second-order valence-corrected chi connectivity index (χ2v) is 5.71. The molecular weight excluding hydrogens is 226 g/mol. The molecule has 0 spiro atoms. The van der Waals surface area contributed by atoms with Crippen molar-refractivity contribution in [3.63, 3.8) is 0 Å². The highest BCUT2D eigenvalue weighted by Crippen LogP contribution is 2.27. The van der Waals surface area contributed by atoms with Gasteiger partial charge in [0.25, 0.3) is 0 Å². The predicted octanol–water partition coefficient (Wildman–Crippen LogP) is 2.86. The lowest BCUT2D eigenvalue weighted by molar-refractivity contribution is -0.141. The summed E-state index contributed by atoms with van der Waals surface area (Å²) in [5.41, 5.74) is 9.56. The minimum absolute atomic E-state index is 0.121. The molecule has 18 heavy (non-hydrogen) atoms. The van der Waals surface area contributed by atoms with Crippen LogP contribution >= 0.6 is 0 Å². The van der Waals surface area contributed by atoms with E-state index in [0.29, 0.717) is 0 Å². The zero-order valence-corrected chi connectivity index (χ0v) is 11.9. The minimum atomic E-state index is -0.300. The van der Waals surface area contributed by atoms with Crippen LogP contribution in [-0.2, 0) is 14.9 Å². The van der Waals surface area contributed by atoms with Crippen LogP contribution < -0.4 is 5.73 Å². The Hall–Kier alpha value is -1.35. The van der Waals surface area contributed by atoms with Gasteiger partial charge in [0.15, 0.2) is 0 Å². The van der Waals surface area contributed by atoms with Crippen molar-refractivity contribution in [2.24, 2.45) is 5.73 Å². The van der Waals surface area contributed by atoms with Crippen LogP contribution in [0.3, 0.4) is 0 Å². The molecule has 0 aliphatic rings. The molecule has 0 bridgehead atoms. The Balaban J connectivity index is 2.95. The number of carbonyl (C=O) groups is 1. The number of hydrogen-bond acceptors (Lipinski definition) is 3. The number of carbonyl (C=O) groups excluding carboxylic acids is 1. The van der Waals surface area contributed by atoms with E-state index < -0.39 is 0 Å². The summed E-state index contributed by atoms with van der Waals surface area (Å²) in [6.07, 6.45) is 0.214. The van der Waals surface area contributed by atoms with Gasteiger partial charge >= 0.3 is 5.97 Å². The van der Waals surface area contributed by atoms with Crippen molar-refractivity contribution in [1.82, 2.24) is 0 Å². The second kappa shape index (κ2) is 5.53. The largest absolute Gasteiger partial charge is 0.469 e. The lowest BCUT2D eigenvalue weighted by atomic mass is 9.84. The van der Waals surface area contributed by atoms with Crippen LogP contribution in [0.1, 0.15) is 49.9 Å². The standard InChI is InChI=1S/C15H23NO2/c1-10-8-11(15(2,3)4)6-7-12(10)13(16)9-14(17)18-5/h6-8,13H,9,16H2,1-5H3. The van der Waals surface area contributed by atoms with Gasteiger partial charge in [-0.3, -0.25) is 4.79 Å². The number of ether oxygens (including phenoxy) is 1. The number of nitrogens with two attached hydrogens (primary N) is 1. The van der Waals surface area contributed by atoms with Gasteiger partial charge in [-0.05, 0) is 29.0 Å². The first-order valence-corrected chi connectivity index (χ1v) is 6.19. The molecule has 100 valence electrons. The SMILES string of the molecule is COC(=O)CC(N)c1ccc(C(C)(C)C)cc1C. The summed E-state index contributed by atoms with van der Waals surface area (Å²) in [6.45, 7) is 8.56. The molecule has 0 saturated carbocycles. The minimum Gasteiger partial charge on any atom is -0.469 e. The van der Waals surface area contributed by atoms with Crippen LogP contribution in [0.4, 0.5) is 0 Å². The van der Waals surface area contributed by atoms with E-state index in [1.165, 1.54) is 12.7 Å². The molecule has 2 N–H and O–H groups in total. The second-order valence-electron chi connectivity index (χ2n) is 5.71. The Morgan fingerprint density at radius 3 is 2.44 bits per heavy atom. The number of esters is 1. The van der Waals surface area contributed by atoms with Crippen molar-refractivity contribution >= 4 is 5.97 Å². The summed E-state index contributed by atoms with van der Waals surface area (Å²) < 4.78 is 4.64. The molecule has 0 aromatic heterocycles. The van der Waals surface area contributed by atoms with Crippen molar-refractivity contribution in [1.29, 1.82) is 0 Å². The van der Waals surface area contributed by atoms with Crippen LogP contribution in [-0.4, -0.2) is 13.1 Å². The van der Waals surface area contributed by atoms with Gasteiger partial charge in [-0.25, -0.2) is 0 Å². The van der Waals surface area contributed by atoms with E-state index in [0.717, 1.165) is 11.1 Å². The fourth-order valence-corrected chi connectivity index (χ4v) is 1.93. The summed E-state index contributed by atoms with van der Waals surface area (Å²) in [6, 6.07) is 5.95.